The van der Waals surface area contributed by atoms with E-state index >= 15 is 0 Å². The molecule has 0 saturated carbocycles. The van der Waals surface area contributed by atoms with Crippen LogP contribution in [-0.2, 0) is 5.41 Å². The first-order chi connectivity index (χ1) is 23.9. The van der Waals surface area contributed by atoms with Gasteiger partial charge in [-0.15, -0.1) is 0 Å². The summed E-state index contributed by atoms with van der Waals surface area (Å²) >= 11 is 0. The number of nitrogens with zero attached hydrogens (tertiary/aromatic N) is 1. The minimum atomic E-state index is 0.0638. The molecule has 10 aromatic rings. The molecule has 2 aromatic heterocycles. The molecule has 232 valence electrons. The number of rotatable bonds is 3. The zero-order valence-corrected chi connectivity index (χ0v) is 27.7. The van der Waals surface area contributed by atoms with E-state index in [0.717, 1.165) is 44.0 Å². The predicted molar refractivity (Wildman–Crippen MR) is 208 cm³/mol. The van der Waals surface area contributed by atoms with Crippen molar-refractivity contribution in [2.75, 3.05) is 0 Å². The van der Waals surface area contributed by atoms with Gasteiger partial charge in [-0.2, -0.15) is 0 Å². The number of hydrogen-bond donors (Lipinski definition) is 0. The standard InChI is InChI=1S/C47H33NO/c1-47(2,3)34-25-32-17-20-37-40(29-15-13-28(14-16-29)35-10-6-11-39-36-9-4-5-12-43(36)49-46(35)39)27-41(38-21-18-33(26-34)44(32)45(37)38)30-19-22-42-31(24-30)8-7-23-48-42/h4-27H,1-3H3. The zero-order valence-electron chi connectivity index (χ0n) is 27.7. The minimum absolute atomic E-state index is 0.0638. The van der Waals surface area contributed by atoms with Gasteiger partial charge in [0, 0.05) is 27.9 Å². The van der Waals surface area contributed by atoms with Crippen molar-refractivity contribution in [3.05, 3.63) is 151 Å². The van der Waals surface area contributed by atoms with Crippen LogP contribution in [0, 0.1) is 0 Å². The van der Waals surface area contributed by atoms with E-state index in [1.807, 2.05) is 24.4 Å². The zero-order chi connectivity index (χ0) is 32.9. The summed E-state index contributed by atoms with van der Waals surface area (Å²) in [6.45, 7) is 6.88. The molecule has 49 heavy (non-hydrogen) atoms. The fourth-order valence-electron chi connectivity index (χ4n) is 7.87. The second-order valence-corrected chi connectivity index (χ2v) is 14.4. The Morgan fingerprint density at radius 1 is 0.469 bits per heavy atom. The van der Waals surface area contributed by atoms with Gasteiger partial charge in [0.2, 0.25) is 0 Å². The number of pyridine rings is 1. The Morgan fingerprint density at radius 3 is 1.90 bits per heavy atom. The van der Waals surface area contributed by atoms with E-state index in [2.05, 4.69) is 147 Å². The van der Waals surface area contributed by atoms with Crippen molar-refractivity contribution in [1.29, 1.82) is 0 Å². The van der Waals surface area contributed by atoms with Crippen molar-refractivity contribution in [3.63, 3.8) is 0 Å². The van der Waals surface area contributed by atoms with Crippen molar-refractivity contribution in [2.45, 2.75) is 26.2 Å². The molecule has 10 rings (SSSR count). The van der Waals surface area contributed by atoms with Crippen LogP contribution in [0.1, 0.15) is 26.3 Å². The van der Waals surface area contributed by atoms with Gasteiger partial charge in [-0.3, -0.25) is 4.98 Å². The highest BCUT2D eigenvalue weighted by Gasteiger charge is 2.21. The molecule has 0 N–H and O–H groups in total. The Morgan fingerprint density at radius 2 is 1.14 bits per heavy atom. The predicted octanol–water partition coefficient (Wildman–Crippen LogP) is 13.3. The summed E-state index contributed by atoms with van der Waals surface area (Å²) in [6.07, 6.45) is 1.86. The van der Waals surface area contributed by atoms with E-state index in [0.29, 0.717) is 0 Å². The molecule has 2 heterocycles. The molecule has 0 amide bonds. The maximum atomic E-state index is 6.40. The SMILES string of the molecule is CC(C)(C)c1cc2ccc3c(-c4ccc(-c5cccc6c5oc5ccccc56)cc4)cc(-c4ccc5ncccc5c4)c4ccc(c1)c2c34. The highest BCUT2D eigenvalue weighted by atomic mass is 16.3. The van der Waals surface area contributed by atoms with E-state index in [1.54, 1.807) is 0 Å². The van der Waals surface area contributed by atoms with Crippen LogP contribution in [0.4, 0.5) is 0 Å². The number of hydrogen-bond acceptors (Lipinski definition) is 2. The van der Waals surface area contributed by atoms with Crippen molar-refractivity contribution >= 4 is 65.2 Å². The normalized spacial score (nSPS) is 12.4. The third-order valence-corrected chi connectivity index (χ3v) is 10.4. The molecule has 0 bridgehead atoms. The number of para-hydroxylation sites is 2. The molecule has 0 spiro atoms. The largest absolute Gasteiger partial charge is 0.455 e. The van der Waals surface area contributed by atoms with Gasteiger partial charge in [0.25, 0.3) is 0 Å². The quantitative estimate of drug-likeness (QED) is 0.182. The molecule has 2 nitrogen and oxygen atoms in total. The lowest BCUT2D eigenvalue weighted by atomic mass is 9.81. The lowest BCUT2D eigenvalue weighted by molar-refractivity contribution is 0.591. The lowest BCUT2D eigenvalue weighted by Crippen LogP contribution is -2.10. The molecule has 0 unspecified atom stereocenters. The third-order valence-electron chi connectivity index (χ3n) is 10.4. The Hall–Kier alpha value is -5.99. The Balaban J connectivity index is 1.21. The number of furan rings is 1. The maximum Gasteiger partial charge on any atom is 0.143 e. The van der Waals surface area contributed by atoms with Crippen LogP contribution in [0.25, 0.3) is 98.5 Å². The molecule has 2 heteroatoms. The first-order valence-electron chi connectivity index (χ1n) is 17.0. The highest BCUT2D eigenvalue weighted by Crippen LogP contribution is 2.46. The van der Waals surface area contributed by atoms with Gasteiger partial charge in [-0.05, 0) is 101 Å². The van der Waals surface area contributed by atoms with E-state index in [9.17, 15) is 0 Å². The fraction of sp³-hybridized carbons (Fsp3) is 0.0851. The summed E-state index contributed by atoms with van der Waals surface area (Å²) < 4.78 is 6.40. The average molecular weight is 628 g/mol. The third kappa shape index (κ3) is 4.30. The van der Waals surface area contributed by atoms with Gasteiger partial charge in [-0.1, -0.05) is 130 Å². The van der Waals surface area contributed by atoms with Gasteiger partial charge in [0.1, 0.15) is 11.2 Å². The summed E-state index contributed by atoms with van der Waals surface area (Å²) in [5, 5.41) is 11.2. The van der Waals surface area contributed by atoms with E-state index in [1.165, 1.54) is 60.1 Å². The lowest BCUT2D eigenvalue weighted by Gasteiger charge is -2.23. The second-order valence-electron chi connectivity index (χ2n) is 14.4. The van der Waals surface area contributed by atoms with Crippen LogP contribution in [-0.4, -0.2) is 4.98 Å². The number of benzene rings is 8. The molecule has 0 aliphatic heterocycles. The van der Waals surface area contributed by atoms with Gasteiger partial charge in [0.05, 0.1) is 5.52 Å². The Kier molecular flexibility index (Phi) is 5.87. The van der Waals surface area contributed by atoms with Gasteiger partial charge in [0.15, 0.2) is 0 Å². The minimum Gasteiger partial charge on any atom is -0.455 e. The monoisotopic (exact) mass is 627 g/mol. The van der Waals surface area contributed by atoms with Crippen LogP contribution in [0.2, 0.25) is 0 Å². The first kappa shape index (κ1) is 28.1. The maximum absolute atomic E-state index is 6.40. The molecule has 0 aliphatic carbocycles. The van der Waals surface area contributed by atoms with Crippen LogP contribution in [0.3, 0.4) is 0 Å². The van der Waals surface area contributed by atoms with E-state index < -0.39 is 0 Å². The molecule has 0 aliphatic rings. The summed E-state index contributed by atoms with van der Waals surface area (Å²) in [4.78, 5) is 4.60. The van der Waals surface area contributed by atoms with Crippen LogP contribution >= 0.6 is 0 Å². The average Bonchev–Trinajstić information content (AvgIpc) is 3.52. The summed E-state index contributed by atoms with van der Waals surface area (Å²) in [7, 11) is 0. The number of aromatic nitrogens is 1. The van der Waals surface area contributed by atoms with Gasteiger partial charge >= 0.3 is 0 Å². The van der Waals surface area contributed by atoms with Crippen molar-refractivity contribution in [3.8, 4) is 33.4 Å². The molecule has 8 aromatic carbocycles. The van der Waals surface area contributed by atoms with E-state index in [4.69, 9.17) is 4.42 Å². The Labute approximate surface area is 284 Å². The molecule has 0 fully saturated rings. The topological polar surface area (TPSA) is 26.0 Å². The van der Waals surface area contributed by atoms with Gasteiger partial charge in [-0.25, -0.2) is 0 Å². The van der Waals surface area contributed by atoms with E-state index in [-0.39, 0.29) is 5.41 Å². The highest BCUT2D eigenvalue weighted by molar-refractivity contribution is 6.28. The van der Waals surface area contributed by atoms with Crippen LogP contribution in [0.5, 0.6) is 0 Å². The summed E-state index contributed by atoms with van der Waals surface area (Å²) in [5.74, 6) is 0. The molecule has 0 radical (unpaired) electrons. The molecule has 0 saturated heterocycles. The second kappa shape index (κ2) is 10.3. The summed E-state index contributed by atoms with van der Waals surface area (Å²) in [5.41, 5.74) is 11.4. The van der Waals surface area contributed by atoms with Crippen molar-refractivity contribution < 1.29 is 4.42 Å². The van der Waals surface area contributed by atoms with Crippen molar-refractivity contribution in [2.24, 2.45) is 0 Å². The van der Waals surface area contributed by atoms with Crippen molar-refractivity contribution in [1.82, 2.24) is 4.98 Å². The number of fused-ring (bicyclic) bond motifs is 4. The molecular formula is C47H33NO. The molecular weight excluding hydrogens is 595 g/mol. The van der Waals surface area contributed by atoms with Crippen LogP contribution in [0.15, 0.2) is 150 Å². The van der Waals surface area contributed by atoms with Gasteiger partial charge < -0.3 is 4.42 Å². The smallest absolute Gasteiger partial charge is 0.143 e. The molecule has 0 atom stereocenters. The fourth-order valence-corrected chi connectivity index (χ4v) is 7.87. The Bertz CT molecular complexity index is 2880. The summed E-state index contributed by atoms with van der Waals surface area (Å²) in [6, 6.07) is 51.1. The van der Waals surface area contributed by atoms with Crippen LogP contribution < -0.4 is 0 Å². The first-order valence-corrected chi connectivity index (χ1v) is 17.0.